The number of benzene rings is 3. The number of para-hydroxylation sites is 1. The minimum atomic E-state index is -0.0638. The average molecular weight is 407 g/mol. The van der Waals surface area contributed by atoms with E-state index >= 15 is 0 Å². The second-order valence-electron chi connectivity index (χ2n) is 7.77. The van der Waals surface area contributed by atoms with Gasteiger partial charge in [0.15, 0.2) is 0 Å². The second-order valence-corrected chi connectivity index (χ2v) is 7.77. The van der Waals surface area contributed by atoms with E-state index in [2.05, 4.69) is 24.0 Å². The molecule has 5 nitrogen and oxygen atoms in total. The van der Waals surface area contributed by atoms with Crippen molar-refractivity contribution in [3.05, 3.63) is 112 Å². The third-order valence-electron chi connectivity index (χ3n) is 5.63. The molecule has 5 aromatic rings. The van der Waals surface area contributed by atoms with Crippen molar-refractivity contribution in [2.75, 3.05) is 0 Å². The van der Waals surface area contributed by atoms with Gasteiger partial charge in [-0.15, -0.1) is 0 Å². The molecule has 0 aliphatic carbocycles. The lowest BCUT2D eigenvalue weighted by molar-refractivity contribution is 0.475. The van der Waals surface area contributed by atoms with E-state index in [0.29, 0.717) is 23.9 Å². The minimum absolute atomic E-state index is 0.0638. The van der Waals surface area contributed by atoms with Crippen molar-refractivity contribution in [3.63, 3.8) is 0 Å². The predicted octanol–water partition coefficient (Wildman–Crippen LogP) is 4.60. The van der Waals surface area contributed by atoms with Crippen LogP contribution in [0.15, 0.2) is 83.9 Å². The van der Waals surface area contributed by atoms with Gasteiger partial charge in [0.1, 0.15) is 5.75 Å². The van der Waals surface area contributed by atoms with Gasteiger partial charge in [0.05, 0.1) is 35.0 Å². The van der Waals surface area contributed by atoms with Gasteiger partial charge in [-0.1, -0.05) is 36.4 Å². The zero-order valence-corrected chi connectivity index (χ0v) is 17.1. The Bertz CT molecular complexity index is 1470. The third kappa shape index (κ3) is 3.66. The van der Waals surface area contributed by atoms with Crippen molar-refractivity contribution >= 4 is 21.8 Å². The summed E-state index contributed by atoms with van der Waals surface area (Å²) in [6.45, 7) is 2.46. The van der Waals surface area contributed by atoms with E-state index in [0.717, 1.165) is 33.3 Å². The number of fused-ring (bicyclic) bond motifs is 2. The largest absolute Gasteiger partial charge is 0.508 e. The number of hydrogen-bond donors (Lipinski definition) is 1. The van der Waals surface area contributed by atoms with Crippen LogP contribution in [0, 0.1) is 6.92 Å². The molecule has 0 bridgehead atoms. The van der Waals surface area contributed by atoms with Gasteiger partial charge in [-0.05, 0) is 60.0 Å². The molecule has 0 spiro atoms. The Hall–Kier alpha value is -3.99. The fraction of sp³-hybridized carbons (Fsp3) is 0.115. The number of aromatic nitrogens is 3. The molecule has 0 saturated carbocycles. The average Bonchev–Trinajstić information content (AvgIpc) is 2.78. The van der Waals surface area contributed by atoms with Crippen LogP contribution in [0.5, 0.6) is 5.75 Å². The molecule has 0 fully saturated rings. The lowest BCUT2D eigenvalue weighted by Gasteiger charge is -2.14. The monoisotopic (exact) mass is 407 g/mol. The summed E-state index contributed by atoms with van der Waals surface area (Å²) in [6.07, 6.45) is 2.21. The third-order valence-corrected chi connectivity index (χ3v) is 5.63. The summed E-state index contributed by atoms with van der Waals surface area (Å²) in [4.78, 5) is 22.4. The van der Waals surface area contributed by atoms with E-state index in [1.54, 1.807) is 29.1 Å². The van der Waals surface area contributed by atoms with E-state index in [1.165, 1.54) is 0 Å². The lowest BCUT2D eigenvalue weighted by Crippen LogP contribution is -2.22. The fourth-order valence-corrected chi connectivity index (χ4v) is 3.92. The number of nitrogens with zero attached hydrogens (tertiary/aromatic N) is 3. The summed E-state index contributed by atoms with van der Waals surface area (Å²) >= 11 is 0. The molecule has 3 aromatic carbocycles. The maximum absolute atomic E-state index is 13.0. The smallest absolute Gasteiger partial charge is 0.261 e. The van der Waals surface area contributed by atoms with Crippen LogP contribution in [0.2, 0.25) is 0 Å². The topological polar surface area (TPSA) is 68.0 Å². The molecule has 0 saturated heterocycles. The molecule has 5 heteroatoms. The van der Waals surface area contributed by atoms with Crippen LogP contribution in [-0.2, 0) is 13.0 Å². The Morgan fingerprint density at radius 3 is 2.52 bits per heavy atom. The van der Waals surface area contributed by atoms with Crippen molar-refractivity contribution in [1.82, 2.24) is 14.5 Å². The highest BCUT2D eigenvalue weighted by Gasteiger charge is 2.12. The van der Waals surface area contributed by atoms with Crippen LogP contribution < -0.4 is 5.56 Å². The molecule has 0 amide bonds. The maximum atomic E-state index is 13.0. The van der Waals surface area contributed by atoms with Gasteiger partial charge >= 0.3 is 0 Å². The summed E-state index contributed by atoms with van der Waals surface area (Å²) in [5.41, 5.74) is 5.64. The van der Waals surface area contributed by atoms with Crippen molar-refractivity contribution in [2.45, 2.75) is 19.9 Å². The summed E-state index contributed by atoms with van der Waals surface area (Å²) in [5, 5.41) is 11.3. The predicted molar refractivity (Wildman–Crippen MR) is 122 cm³/mol. The van der Waals surface area contributed by atoms with Crippen LogP contribution in [0.3, 0.4) is 0 Å². The molecule has 5 rings (SSSR count). The van der Waals surface area contributed by atoms with Crippen LogP contribution >= 0.6 is 0 Å². The molecule has 1 N–H and O–H groups in total. The number of hydrogen-bond acceptors (Lipinski definition) is 4. The molecule has 31 heavy (non-hydrogen) atoms. The Labute approximate surface area is 179 Å². The van der Waals surface area contributed by atoms with Gasteiger partial charge in [0.25, 0.3) is 5.56 Å². The van der Waals surface area contributed by atoms with Crippen molar-refractivity contribution in [1.29, 1.82) is 0 Å². The molecule has 0 atom stereocenters. The molecule has 0 aliphatic heterocycles. The number of phenols is 1. The molecular weight excluding hydrogens is 386 g/mol. The quantitative estimate of drug-likeness (QED) is 0.473. The highest BCUT2D eigenvalue weighted by atomic mass is 16.3. The van der Waals surface area contributed by atoms with E-state index < -0.39 is 0 Å². The number of pyridine rings is 1. The van der Waals surface area contributed by atoms with E-state index in [-0.39, 0.29) is 11.3 Å². The van der Waals surface area contributed by atoms with Gasteiger partial charge in [-0.2, -0.15) is 0 Å². The van der Waals surface area contributed by atoms with Gasteiger partial charge < -0.3 is 5.11 Å². The first-order valence-electron chi connectivity index (χ1n) is 10.2. The van der Waals surface area contributed by atoms with Crippen LogP contribution in [0.1, 0.15) is 22.4 Å². The van der Waals surface area contributed by atoms with E-state index in [4.69, 9.17) is 4.98 Å². The Morgan fingerprint density at radius 2 is 1.68 bits per heavy atom. The summed E-state index contributed by atoms with van der Waals surface area (Å²) in [6, 6.07) is 22.7. The number of aromatic hydroxyl groups is 1. The normalized spacial score (nSPS) is 11.3. The summed E-state index contributed by atoms with van der Waals surface area (Å²) in [7, 11) is 0. The Kier molecular flexibility index (Phi) is 4.71. The molecule has 2 heterocycles. The van der Waals surface area contributed by atoms with Crippen molar-refractivity contribution < 1.29 is 5.11 Å². The first-order chi connectivity index (χ1) is 15.1. The summed E-state index contributed by atoms with van der Waals surface area (Å²) < 4.78 is 1.64. The Balaban J connectivity index is 1.64. The van der Waals surface area contributed by atoms with Crippen molar-refractivity contribution in [3.8, 4) is 5.75 Å². The molecule has 0 unspecified atom stereocenters. The second kappa shape index (κ2) is 7.69. The highest BCUT2D eigenvalue weighted by Crippen LogP contribution is 2.23. The van der Waals surface area contributed by atoms with E-state index in [1.807, 2.05) is 42.5 Å². The highest BCUT2D eigenvalue weighted by molar-refractivity contribution is 5.83. The first-order valence-corrected chi connectivity index (χ1v) is 10.2. The molecular formula is C26H21N3O2. The molecule has 2 aromatic heterocycles. The fourth-order valence-electron chi connectivity index (χ4n) is 3.92. The standard InChI is InChI=1S/C26H21N3O2/c1-17-5-4-8-24-22(17)14-19(25(28-24)13-18-9-11-20(30)12-10-18)15-29-16-27-23-7-3-2-6-21(23)26(29)31/h2-12,14,16,30H,13,15H2,1H3. The zero-order valence-electron chi connectivity index (χ0n) is 17.1. The summed E-state index contributed by atoms with van der Waals surface area (Å²) in [5.74, 6) is 0.236. The van der Waals surface area contributed by atoms with E-state index in [9.17, 15) is 9.90 Å². The van der Waals surface area contributed by atoms with Gasteiger partial charge in [-0.25, -0.2) is 4.98 Å². The maximum Gasteiger partial charge on any atom is 0.261 e. The first kappa shape index (κ1) is 19.0. The molecule has 0 radical (unpaired) electrons. The van der Waals surface area contributed by atoms with Gasteiger partial charge in [0.2, 0.25) is 0 Å². The number of phenolic OH excluding ortho intramolecular Hbond substituents is 1. The molecule has 0 aliphatic rings. The lowest BCUT2D eigenvalue weighted by atomic mass is 10.0. The Morgan fingerprint density at radius 1 is 0.903 bits per heavy atom. The van der Waals surface area contributed by atoms with Crippen molar-refractivity contribution in [2.24, 2.45) is 0 Å². The van der Waals surface area contributed by atoms with Crippen LogP contribution in [0.4, 0.5) is 0 Å². The minimum Gasteiger partial charge on any atom is -0.508 e. The number of aryl methyl sites for hydroxylation is 1. The SMILES string of the molecule is Cc1cccc2nc(Cc3ccc(O)cc3)c(Cn3cnc4ccccc4c3=O)cc12. The molecule has 152 valence electrons. The van der Waals surface area contributed by atoms with Crippen LogP contribution in [0.25, 0.3) is 21.8 Å². The van der Waals surface area contributed by atoms with Crippen LogP contribution in [-0.4, -0.2) is 19.6 Å². The zero-order chi connectivity index (χ0) is 21.4. The number of rotatable bonds is 4. The van der Waals surface area contributed by atoms with Gasteiger partial charge in [-0.3, -0.25) is 14.3 Å². The van der Waals surface area contributed by atoms with Gasteiger partial charge in [0, 0.05) is 11.8 Å².